The summed E-state index contributed by atoms with van der Waals surface area (Å²) in [6, 6.07) is 13.2. The first-order valence-corrected chi connectivity index (χ1v) is 3.61. The van der Waals surface area contributed by atoms with E-state index in [0.717, 1.165) is 11.4 Å². The van der Waals surface area contributed by atoms with Crippen LogP contribution in [0.4, 0.5) is 0 Å². The molecule has 0 saturated heterocycles. The summed E-state index contributed by atoms with van der Waals surface area (Å²) in [5, 5.41) is 0. The molecule has 2 radical (unpaired) electrons. The fourth-order valence-corrected chi connectivity index (χ4v) is 0.949. The largest absolute Gasteiger partial charge is 0.236 e. The third-order valence-corrected chi connectivity index (χ3v) is 1.50. The van der Waals surface area contributed by atoms with Crippen molar-refractivity contribution in [1.29, 1.82) is 0 Å². The summed E-state index contributed by atoms with van der Waals surface area (Å²) in [5.74, 6) is 0.725. The Hall–Kier alpha value is -1.70. The van der Waals surface area contributed by atoms with E-state index >= 15 is 0 Å². The molecule has 0 atom stereocenters. The monoisotopic (exact) mass is 154 g/mol. The molecule has 1 heterocycles. The van der Waals surface area contributed by atoms with E-state index < -0.39 is 0 Å². The second-order valence-corrected chi connectivity index (χ2v) is 2.30. The summed E-state index contributed by atoms with van der Waals surface area (Å²) in [4.78, 5) is 8.14. The molecule has 0 spiro atoms. The summed E-state index contributed by atoms with van der Waals surface area (Å²) in [6.45, 7) is 0. The van der Waals surface area contributed by atoms with Crippen molar-refractivity contribution in [2.75, 3.05) is 0 Å². The first kappa shape index (κ1) is 6.98. The summed E-state index contributed by atoms with van der Waals surface area (Å²) in [6.07, 6.45) is 3.22. The zero-order valence-electron chi connectivity index (χ0n) is 6.36. The maximum absolute atomic E-state index is 4.07. The molecule has 0 aliphatic carbocycles. The summed E-state index contributed by atoms with van der Waals surface area (Å²) < 4.78 is 0. The molecular weight excluding hydrogens is 148 g/mol. The van der Waals surface area contributed by atoms with E-state index in [-0.39, 0.29) is 0 Å². The summed E-state index contributed by atoms with van der Waals surface area (Å²) in [7, 11) is 0. The van der Waals surface area contributed by atoms with Crippen LogP contribution in [0.15, 0.2) is 36.7 Å². The van der Waals surface area contributed by atoms with Gasteiger partial charge in [0.1, 0.15) is 0 Å². The van der Waals surface area contributed by atoms with Crippen molar-refractivity contribution in [1.82, 2.24) is 9.97 Å². The molecular formula is C10H6N2. The van der Waals surface area contributed by atoms with Gasteiger partial charge in [0.05, 0.1) is 0 Å². The smallest absolute Gasteiger partial charge is 0.159 e. The first-order chi connectivity index (χ1) is 5.97. The SMILES string of the molecule is [c]1ccc(-c2nc[c]cn2)cc1. The van der Waals surface area contributed by atoms with Crippen LogP contribution in [-0.4, -0.2) is 9.97 Å². The Bertz CT molecular complexity index is 305. The predicted molar refractivity (Wildman–Crippen MR) is 45.1 cm³/mol. The molecule has 0 N–H and O–H groups in total. The van der Waals surface area contributed by atoms with Gasteiger partial charge in [-0.25, -0.2) is 9.97 Å². The first-order valence-electron chi connectivity index (χ1n) is 3.61. The quantitative estimate of drug-likeness (QED) is 0.625. The minimum Gasteiger partial charge on any atom is -0.236 e. The second-order valence-electron chi connectivity index (χ2n) is 2.30. The molecule has 2 rings (SSSR count). The minimum absolute atomic E-state index is 0.725. The van der Waals surface area contributed by atoms with E-state index in [1.807, 2.05) is 24.3 Å². The van der Waals surface area contributed by atoms with E-state index in [2.05, 4.69) is 22.1 Å². The molecule has 2 nitrogen and oxygen atoms in total. The Morgan fingerprint density at radius 2 is 1.58 bits per heavy atom. The van der Waals surface area contributed by atoms with Gasteiger partial charge in [-0.2, -0.15) is 0 Å². The number of aromatic nitrogens is 2. The van der Waals surface area contributed by atoms with Crippen LogP contribution in [0.5, 0.6) is 0 Å². The standard InChI is InChI=1S/C10H6N2/c1-2-5-9(6-3-1)10-11-7-4-8-12-10/h2-3,5-8H. The van der Waals surface area contributed by atoms with Gasteiger partial charge >= 0.3 is 0 Å². The lowest BCUT2D eigenvalue weighted by molar-refractivity contribution is 1.17. The van der Waals surface area contributed by atoms with Crippen molar-refractivity contribution in [2.24, 2.45) is 0 Å². The highest BCUT2D eigenvalue weighted by atomic mass is 14.8. The van der Waals surface area contributed by atoms with Crippen LogP contribution in [0, 0.1) is 12.1 Å². The molecule has 2 aromatic rings. The predicted octanol–water partition coefficient (Wildman–Crippen LogP) is 1.74. The highest BCUT2D eigenvalue weighted by molar-refractivity contribution is 5.53. The van der Waals surface area contributed by atoms with Crippen LogP contribution in [0.1, 0.15) is 0 Å². The van der Waals surface area contributed by atoms with Gasteiger partial charge in [0.2, 0.25) is 0 Å². The van der Waals surface area contributed by atoms with Crippen LogP contribution in [0.2, 0.25) is 0 Å². The maximum Gasteiger partial charge on any atom is 0.159 e. The molecule has 0 fully saturated rings. The molecule has 56 valence electrons. The average molecular weight is 154 g/mol. The number of nitrogens with zero attached hydrogens (tertiary/aromatic N) is 2. The van der Waals surface area contributed by atoms with Gasteiger partial charge < -0.3 is 0 Å². The molecule has 0 bridgehead atoms. The zero-order valence-corrected chi connectivity index (χ0v) is 6.36. The maximum atomic E-state index is 4.07. The van der Waals surface area contributed by atoms with E-state index in [0.29, 0.717) is 0 Å². The third-order valence-electron chi connectivity index (χ3n) is 1.50. The molecule has 0 unspecified atom stereocenters. The summed E-state index contributed by atoms with van der Waals surface area (Å²) in [5.41, 5.74) is 1.00. The molecule has 2 heteroatoms. The topological polar surface area (TPSA) is 25.8 Å². The number of hydrogen-bond acceptors (Lipinski definition) is 2. The van der Waals surface area contributed by atoms with Crippen molar-refractivity contribution in [3.05, 3.63) is 48.8 Å². The lowest BCUT2D eigenvalue weighted by atomic mass is 10.2. The molecule has 0 aliphatic heterocycles. The van der Waals surface area contributed by atoms with Gasteiger partial charge in [0.15, 0.2) is 5.82 Å². The van der Waals surface area contributed by atoms with Crippen molar-refractivity contribution in [3.8, 4) is 11.4 Å². The van der Waals surface area contributed by atoms with Crippen LogP contribution >= 0.6 is 0 Å². The van der Waals surface area contributed by atoms with Crippen LogP contribution in [-0.2, 0) is 0 Å². The van der Waals surface area contributed by atoms with E-state index in [1.165, 1.54) is 0 Å². The fraction of sp³-hybridized carbons (Fsp3) is 0. The highest BCUT2D eigenvalue weighted by Gasteiger charge is 1.95. The zero-order chi connectivity index (χ0) is 8.23. The number of rotatable bonds is 1. The Balaban J connectivity index is 2.46. The van der Waals surface area contributed by atoms with Gasteiger partial charge in [-0.3, -0.25) is 0 Å². The molecule has 1 aromatic heterocycles. The van der Waals surface area contributed by atoms with E-state index in [9.17, 15) is 0 Å². The Kier molecular flexibility index (Phi) is 1.82. The van der Waals surface area contributed by atoms with Crippen molar-refractivity contribution in [3.63, 3.8) is 0 Å². The Morgan fingerprint density at radius 1 is 0.917 bits per heavy atom. The molecule has 0 aliphatic rings. The lowest BCUT2D eigenvalue weighted by Gasteiger charge is -1.95. The Morgan fingerprint density at radius 3 is 2.25 bits per heavy atom. The lowest BCUT2D eigenvalue weighted by Crippen LogP contribution is -1.85. The summed E-state index contributed by atoms with van der Waals surface area (Å²) >= 11 is 0. The van der Waals surface area contributed by atoms with E-state index in [4.69, 9.17) is 0 Å². The third kappa shape index (κ3) is 1.32. The Labute approximate surface area is 70.9 Å². The van der Waals surface area contributed by atoms with Gasteiger partial charge in [0, 0.05) is 24.0 Å². The van der Waals surface area contributed by atoms with Gasteiger partial charge in [-0.05, 0) is 6.07 Å². The normalized spacial score (nSPS) is 9.67. The highest BCUT2D eigenvalue weighted by Crippen LogP contribution is 2.10. The molecule has 1 aromatic carbocycles. The van der Waals surface area contributed by atoms with Crippen LogP contribution in [0.25, 0.3) is 11.4 Å². The molecule has 0 amide bonds. The fourth-order valence-electron chi connectivity index (χ4n) is 0.949. The van der Waals surface area contributed by atoms with Crippen molar-refractivity contribution >= 4 is 0 Å². The second kappa shape index (κ2) is 3.13. The average Bonchev–Trinajstić information content (AvgIpc) is 2.21. The van der Waals surface area contributed by atoms with Crippen molar-refractivity contribution < 1.29 is 0 Å². The van der Waals surface area contributed by atoms with Crippen molar-refractivity contribution in [2.45, 2.75) is 0 Å². The van der Waals surface area contributed by atoms with E-state index in [1.54, 1.807) is 12.4 Å². The van der Waals surface area contributed by atoms with Crippen LogP contribution < -0.4 is 0 Å². The van der Waals surface area contributed by atoms with Gasteiger partial charge in [-0.15, -0.1) is 0 Å². The molecule has 0 saturated carbocycles. The van der Waals surface area contributed by atoms with Crippen LogP contribution in [0.3, 0.4) is 0 Å². The number of benzene rings is 1. The molecule has 12 heavy (non-hydrogen) atoms. The van der Waals surface area contributed by atoms with Gasteiger partial charge in [-0.1, -0.05) is 24.3 Å². The number of hydrogen-bond donors (Lipinski definition) is 0. The minimum atomic E-state index is 0.725. The van der Waals surface area contributed by atoms with Gasteiger partial charge in [0.25, 0.3) is 0 Å².